The Morgan fingerprint density at radius 3 is 3.00 bits per heavy atom. The van der Waals surface area contributed by atoms with E-state index in [9.17, 15) is 9.90 Å². The molecule has 7 nitrogen and oxygen atoms in total. The second kappa shape index (κ2) is 7.67. The summed E-state index contributed by atoms with van der Waals surface area (Å²) in [6.07, 6.45) is 9.11. The molecule has 3 aromatic rings. The summed E-state index contributed by atoms with van der Waals surface area (Å²) in [5.74, 6) is 0.113. The summed E-state index contributed by atoms with van der Waals surface area (Å²) in [7, 11) is 0. The molecular weight excluding hydrogens is 342 g/mol. The molecule has 7 heteroatoms. The highest BCUT2D eigenvalue weighted by Crippen LogP contribution is 2.27. The summed E-state index contributed by atoms with van der Waals surface area (Å²) in [5.41, 5.74) is 2.92. The zero-order valence-corrected chi connectivity index (χ0v) is 14.9. The van der Waals surface area contributed by atoms with Gasteiger partial charge in [0.15, 0.2) is 5.82 Å². The third kappa shape index (κ3) is 3.88. The van der Waals surface area contributed by atoms with Crippen LogP contribution in [0.25, 0.3) is 11.5 Å². The van der Waals surface area contributed by atoms with Gasteiger partial charge in [0.1, 0.15) is 5.69 Å². The number of carboxylic acid groups (broad SMARTS) is 1. The molecule has 2 aromatic heterocycles. The number of piperidine rings is 1. The molecule has 0 radical (unpaired) electrons. The highest BCUT2D eigenvalue weighted by atomic mass is 16.4. The van der Waals surface area contributed by atoms with E-state index in [2.05, 4.69) is 19.9 Å². The van der Waals surface area contributed by atoms with Crippen molar-refractivity contribution < 1.29 is 9.90 Å². The van der Waals surface area contributed by atoms with Gasteiger partial charge in [-0.05, 0) is 31.0 Å². The van der Waals surface area contributed by atoms with Crippen LogP contribution in [0.2, 0.25) is 0 Å². The fraction of sp³-hybridized carbons (Fsp3) is 0.300. The Morgan fingerprint density at radius 2 is 2.19 bits per heavy atom. The Labute approximate surface area is 157 Å². The molecule has 27 heavy (non-hydrogen) atoms. The van der Waals surface area contributed by atoms with E-state index in [1.165, 1.54) is 0 Å². The number of hydrogen-bond acceptors (Lipinski definition) is 5. The summed E-state index contributed by atoms with van der Waals surface area (Å²) in [4.78, 5) is 30.2. The van der Waals surface area contributed by atoms with Gasteiger partial charge in [-0.3, -0.25) is 9.88 Å². The molecule has 4 rings (SSSR count). The van der Waals surface area contributed by atoms with Gasteiger partial charge in [0, 0.05) is 37.6 Å². The van der Waals surface area contributed by atoms with Crippen LogP contribution < -0.4 is 0 Å². The van der Waals surface area contributed by atoms with E-state index in [4.69, 9.17) is 4.98 Å². The first-order valence-corrected chi connectivity index (χ1v) is 9.06. The van der Waals surface area contributed by atoms with Gasteiger partial charge >= 0.3 is 5.97 Å². The minimum absolute atomic E-state index is 0.276. The minimum atomic E-state index is -0.879. The maximum absolute atomic E-state index is 11.5. The van der Waals surface area contributed by atoms with Crippen LogP contribution in [0.5, 0.6) is 0 Å². The van der Waals surface area contributed by atoms with Crippen molar-refractivity contribution in [3.05, 3.63) is 65.9 Å². The lowest BCUT2D eigenvalue weighted by molar-refractivity contribution is 0.0694. The largest absolute Gasteiger partial charge is 0.478 e. The molecule has 0 saturated carbocycles. The lowest BCUT2D eigenvalue weighted by Crippen LogP contribution is -2.34. The van der Waals surface area contributed by atoms with Crippen molar-refractivity contribution in [2.24, 2.45) is 0 Å². The molecule has 0 bridgehead atoms. The van der Waals surface area contributed by atoms with Crippen LogP contribution in [-0.2, 0) is 6.54 Å². The molecule has 3 heterocycles. The van der Waals surface area contributed by atoms with Gasteiger partial charge in [0.05, 0.1) is 17.5 Å². The van der Waals surface area contributed by atoms with Crippen molar-refractivity contribution in [2.75, 3.05) is 13.1 Å². The smallest absolute Gasteiger partial charge is 0.336 e. The maximum Gasteiger partial charge on any atom is 0.336 e. The average molecular weight is 363 g/mol. The van der Waals surface area contributed by atoms with Gasteiger partial charge in [-0.2, -0.15) is 0 Å². The highest BCUT2D eigenvalue weighted by Gasteiger charge is 2.24. The number of imidazole rings is 1. The van der Waals surface area contributed by atoms with E-state index in [-0.39, 0.29) is 5.92 Å². The molecule has 0 spiro atoms. The number of carbonyl (C=O) groups is 1. The van der Waals surface area contributed by atoms with Gasteiger partial charge in [-0.1, -0.05) is 18.2 Å². The number of carboxylic acids is 1. The van der Waals surface area contributed by atoms with Crippen molar-refractivity contribution in [3.63, 3.8) is 0 Å². The van der Waals surface area contributed by atoms with Crippen LogP contribution in [0.15, 0.2) is 49.1 Å². The van der Waals surface area contributed by atoms with E-state index < -0.39 is 5.97 Å². The van der Waals surface area contributed by atoms with Gasteiger partial charge < -0.3 is 10.1 Å². The molecule has 1 aliphatic rings. The number of likely N-dealkylation sites (tertiary alicyclic amines) is 1. The van der Waals surface area contributed by atoms with E-state index in [1.807, 2.05) is 18.3 Å². The van der Waals surface area contributed by atoms with Gasteiger partial charge in [0.25, 0.3) is 0 Å². The number of aromatic nitrogens is 4. The molecule has 1 atom stereocenters. The zero-order valence-electron chi connectivity index (χ0n) is 14.9. The molecule has 138 valence electrons. The van der Waals surface area contributed by atoms with Gasteiger partial charge in [-0.15, -0.1) is 0 Å². The van der Waals surface area contributed by atoms with Crippen LogP contribution in [-0.4, -0.2) is 49.0 Å². The second-order valence-corrected chi connectivity index (χ2v) is 6.80. The topological polar surface area (TPSA) is 95.0 Å². The Balaban J connectivity index is 1.51. The van der Waals surface area contributed by atoms with Crippen LogP contribution in [0, 0.1) is 0 Å². The van der Waals surface area contributed by atoms with Crippen molar-refractivity contribution >= 4 is 5.97 Å². The molecule has 1 saturated heterocycles. The maximum atomic E-state index is 11.5. The third-order valence-corrected chi connectivity index (χ3v) is 4.96. The zero-order chi connectivity index (χ0) is 18.6. The fourth-order valence-corrected chi connectivity index (χ4v) is 3.65. The minimum Gasteiger partial charge on any atom is -0.478 e. The van der Waals surface area contributed by atoms with Gasteiger partial charge in [-0.25, -0.2) is 14.8 Å². The van der Waals surface area contributed by atoms with E-state index in [0.717, 1.165) is 42.9 Å². The number of benzene rings is 1. The first-order valence-electron chi connectivity index (χ1n) is 9.06. The molecule has 2 N–H and O–H groups in total. The molecular formula is C20H21N5O2. The van der Waals surface area contributed by atoms with Crippen LogP contribution in [0.4, 0.5) is 0 Å². The number of aromatic amines is 1. The summed E-state index contributed by atoms with van der Waals surface area (Å²) in [5, 5.41) is 9.40. The Bertz CT molecular complexity index is 926. The van der Waals surface area contributed by atoms with Gasteiger partial charge in [0.2, 0.25) is 0 Å². The summed E-state index contributed by atoms with van der Waals surface area (Å²) in [6.45, 7) is 2.42. The molecule has 0 aliphatic carbocycles. The Morgan fingerprint density at radius 1 is 1.30 bits per heavy atom. The van der Waals surface area contributed by atoms with Crippen LogP contribution in [0.1, 0.15) is 40.4 Å². The lowest BCUT2D eigenvalue weighted by Gasteiger charge is -2.32. The Kier molecular flexibility index (Phi) is 4.93. The number of H-pyrrole nitrogens is 1. The standard InChI is InChI=1S/C20H21N5O2/c26-20(27)16-6-2-1-4-14(16)12-25-9-3-5-15(13-25)17-10-21-11-18(24-17)19-22-7-8-23-19/h1-2,4,6-8,10-11,15H,3,5,9,12-13H2,(H,22,23)(H,26,27)/t15-/m1/s1. The monoisotopic (exact) mass is 363 g/mol. The SMILES string of the molecule is O=C(O)c1ccccc1CN1CCC[C@@H](c2cncc(-c3ncc[nH]3)n2)C1. The van der Waals surface area contributed by atoms with Crippen molar-refractivity contribution in [3.8, 4) is 11.5 Å². The molecule has 1 aromatic carbocycles. The number of nitrogens with one attached hydrogen (secondary N) is 1. The number of hydrogen-bond donors (Lipinski definition) is 2. The number of aromatic carboxylic acids is 1. The van der Waals surface area contributed by atoms with Crippen LogP contribution in [0.3, 0.4) is 0 Å². The summed E-state index contributed by atoms with van der Waals surface area (Å²) >= 11 is 0. The average Bonchev–Trinajstić information content (AvgIpc) is 3.23. The van der Waals surface area contributed by atoms with Crippen molar-refractivity contribution in [1.29, 1.82) is 0 Å². The van der Waals surface area contributed by atoms with Crippen molar-refractivity contribution in [1.82, 2.24) is 24.8 Å². The van der Waals surface area contributed by atoms with E-state index in [0.29, 0.717) is 17.9 Å². The summed E-state index contributed by atoms with van der Waals surface area (Å²) < 4.78 is 0. The normalized spacial score (nSPS) is 17.7. The summed E-state index contributed by atoms with van der Waals surface area (Å²) in [6, 6.07) is 7.21. The van der Waals surface area contributed by atoms with E-state index >= 15 is 0 Å². The third-order valence-electron chi connectivity index (χ3n) is 4.96. The predicted octanol–water partition coefficient (Wildman–Crippen LogP) is 2.94. The Hall–Kier alpha value is -3.06. The molecule has 0 unspecified atom stereocenters. The van der Waals surface area contributed by atoms with E-state index in [1.54, 1.807) is 30.7 Å². The first kappa shape index (κ1) is 17.4. The number of nitrogens with zero attached hydrogens (tertiary/aromatic N) is 4. The lowest BCUT2D eigenvalue weighted by atomic mass is 9.94. The molecule has 1 aliphatic heterocycles. The number of rotatable bonds is 5. The van der Waals surface area contributed by atoms with Crippen molar-refractivity contribution in [2.45, 2.75) is 25.3 Å². The molecule has 1 fully saturated rings. The fourth-order valence-electron chi connectivity index (χ4n) is 3.65. The highest BCUT2D eigenvalue weighted by molar-refractivity contribution is 5.89. The quantitative estimate of drug-likeness (QED) is 0.724. The molecule has 0 amide bonds. The van der Waals surface area contributed by atoms with Crippen LogP contribution >= 0.6 is 0 Å². The first-order chi connectivity index (χ1) is 13.2. The predicted molar refractivity (Wildman–Crippen MR) is 100 cm³/mol. The second-order valence-electron chi connectivity index (χ2n) is 6.80.